The van der Waals surface area contributed by atoms with Crippen molar-refractivity contribution in [2.75, 3.05) is 23.7 Å². The first-order chi connectivity index (χ1) is 7.98. The lowest BCUT2D eigenvalue weighted by Gasteiger charge is -2.39. The molecule has 1 aromatic carbocycles. The molecule has 3 heteroatoms. The number of hydrogen-bond acceptors (Lipinski definition) is 3. The van der Waals surface area contributed by atoms with Crippen LogP contribution in [0, 0.1) is 0 Å². The van der Waals surface area contributed by atoms with Crippen molar-refractivity contribution in [3.8, 4) is 0 Å². The third kappa shape index (κ3) is 3.17. The lowest BCUT2D eigenvalue weighted by molar-refractivity contribution is 0.647. The number of anilines is 1. The van der Waals surface area contributed by atoms with Crippen LogP contribution < -0.4 is 10.6 Å². The van der Waals surface area contributed by atoms with Crippen molar-refractivity contribution in [2.24, 2.45) is 5.73 Å². The van der Waals surface area contributed by atoms with Gasteiger partial charge in [-0.05, 0) is 38.5 Å². The molecule has 94 valence electrons. The van der Waals surface area contributed by atoms with Crippen molar-refractivity contribution < 1.29 is 0 Å². The smallest absolute Gasteiger partial charge is 0.0367 e. The molecule has 0 aliphatic carbocycles. The first kappa shape index (κ1) is 12.8. The van der Waals surface area contributed by atoms with Gasteiger partial charge in [0.05, 0.1) is 0 Å². The van der Waals surface area contributed by atoms with E-state index in [0.29, 0.717) is 4.75 Å². The van der Waals surface area contributed by atoms with Crippen LogP contribution in [0.3, 0.4) is 0 Å². The molecular weight excluding hydrogens is 228 g/mol. The van der Waals surface area contributed by atoms with Crippen molar-refractivity contribution in [3.63, 3.8) is 0 Å². The Morgan fingerprint density at radius 2 is 1.94 bits per heavy atom. The van der Waals surface area contributed by atoms with Gasteiger partial charge in [-0.3, -0.25) is 0 Å². The van der Waals surface area contributed by atoms with E-state index in [0.717, 1.165) is 13.1 Å². The Bertz CT molecular complexity index is 370. The Morgan fingerprint density at radius 1 is 1.29 bits per heavy atom. The van der Waals surface area contributed by atoms with Crippen molar-refractivity contribution in [1.82, 2.24) is 0 Å². The first-order valence-electron chi connectivity index (χ1n) is 6.22. The van der Waals surface area contributed by atoms with E-state index in [4.69, 9.17) is 5.73 Å². The minimum Gasteiger partial charge on any atom is -0.369 e. The summed E-state index contributed by atoms with van der Waals surface area (Å²) in [5.74, 6) is 1.21. The van der Waals surface area contributed by atoms with Crippen molar-refractivity contribution >= 4 is 17.4 Å². The van der Waals surface area contributed by atoms with Gasteiger partial charge in [0.1, 0.15) is 0 Å². The summed E-state index contributed by atoms with van der Waals surface area (Å²) >= 11 is 2.07. The van der Waals surface area contributed by atoms with Gasteiger partial charge in [-0.2, -0.15) is 11.8 Å². The molecule has 1 aliphatic rings. The summed E-state index contributed by atoms with van der Waals surface area (Å²) in [6.45, 7) is 8.93. The zero-order valence-electron chi connectivity index (χ0n) is 10.9. The van der Waals surface area contributed by atoms with Crippen LogP contribution in [0.4, 0.5) is 5.69 Å². The van der Waals surface area contributed by atoms with Crippen molar-refractivity contribution in [1.29, 1.82) is 0 Å². The largest absolute Gasteiger partial charge is 0.369 e. The van der Waals surface area contributed by atoms with E-state index in [-0.39, 0.29) is 6.04 Å². The first-order valence-corrected chi connectivity index (χ1v) is 7.21. The summed E-state index contributed by atoms with van der Waals surface area (Å²) in [6, 6.07) is 8.82. The minimum absolute atomic E-state index is 0.123. The Hall–Kier alpha value is -0.670. The maximum absolute atomic E-state index is 5.87. The van der Waals surface area contributed by atoms with Crippen LogP contribution in [-0.2, 0) is 0 Å². The van der Waals surface area contributed by atoms with E-state index in [2.05, 4.69) is 54.8 Å². The second kappa shape index (κ2) is 4.91. The fourth-order valence-corrected chi connectivity index (χ4v) is 3.34. The van der Waals surface area contributed by atoms with Gasteiger partial charge in [-0.25, -0.2) is 0 Å². The van der Waals surface area contributed by atoms with Crippen molar-refractivity contribution in [2.45, 2.75) is 31.6 Å². The molecule has 0 aromatic heterocycles. The zero-order valence-corrected chi connectivity index (χ0v) is 11.8. The summed E-state index contributed by atoms with van der Waals surface area (Å²) in [5.41, 5.74) is 8.40. The Kier molecular flexibility index (Phi) is 3.69. The summed E-state index contributed by atoms with van der Waals surface area (Å²) in [7, 11) is 0. The molecule has 1 saturated heterocycles. The van der Waals surface area contributed by atoms with E-state index in [1.165, 1.54) is 17.0 Å². The second-order valence-corrected chi connectivity index (χ2v) is 7.21. The fourth-order valence-electron chi connectivity index (χ4n) is 2.23. The van der Waals surface area contributed by atoms with Gasteiger partial charge in [0.25, 0.3) is 0 Å². The van der Waals surface area contributed by atoms with E-state index in [9.17, 15) is 0 Å². The molecule has 1 fully saturated rings. The lowest BCUT2D eigenvalue weighted by Crippen LogP contribution is -2.43. The maximum atomic E-state index is 5.87. The molecule has 2 rings (SSSR count). The van der Waals surface area contributed by atoms with Gasteiger partial charge in [-0.1, -0.05) is 12.1 Å². The molecule has 0 amide bonds. The summed E-state index contributed by atoms with van der Waals surface area (Å²) in [5, 5.41) is 0. The average molecular weight is 250 g/mol. The molecule has 0 bridgehead atoms. The van der Waals surface area contributed by atoms with E-state index < -0.39 is 0 Å². The molecule has 0 radical (unpaired) electrons. The maximum Gasteiger partial charge on any atom is 0.0367 e. The summed E-state index contributed by atoms with van der Waals surface area (Å²) in [6.07, 6.45) is 0. The van der Waals surface area contributed by atoms with Crippen LogP contribution in [0.15, 0.2) is 24.3 Å². The molecule has 0 spiro atoms. The van der Waals surface area contributed by atoms with Gasteiger partial charge in [0.15, 0.2) is 0 Å². The number of hydrogen-bond donors (Lipinski definition) is 1. The third-order valence-corrected chi connectivity index (χ3v) is 4.51. The summed E-state index contributed by atoms with van der Waals surface area (Å²) < 4.78 is 0.359. The molecule has 2 N–H and O–H groups in total. The SMILES string of the molecule is C[C@H](N)c1ccc(N2CCSC(C)(C)C2)cc1. The standard InChI is InChI=1S/C14H22N2S/c1-11(15)12-4-6-13(7-5-12)16-8-9-17-14(2,3)10-16/h4-7,11H,8-10,15H2,1-3H3/t11-/m0/s1. The monoisotopic (exact) mass is 250 g/mol. The lowest BCUT2D eigenvalue weighted by atomic mass is 10.1. The third-order valence-electron chi connectivity index (χ3n) is 3.21. The molecule has 1 aromatic rings. The van der Waals surface area contributed by atoms with Gasteiger partial charge in [-0.15, -0.1) is 0 Å². The van der Waals surface area contributed by atoms with Gasteiger partial charge >= 0.3 is 0 Å². The number of nitrogens with two attached hydrogens (primary N) is 1. The number of nitrogens with zero attached hydrogens (tertiary/aromatic N) is 1. The highest BCUT2D eigenvalue weighted by molar-refractivity contribution is 8.00. The molecule has 17 heavy (non-hydrogen) atoms. The van der Waals surface area contributed by atoms with Crippen molar-refractivity contribution in [3.05, 3.63) is 29.8 Å². The molecule has 1 heterocycles. The van der Waals surface area contributed by atoms with Gasteiger partial charge < -0.3 is 10.6 Å². The van der Waals surface area contributed by atoms with Gasteiger partial charge in [0, 0.05) is 35.3 Å². The molecule has 0 saturated carbocycles. The summed E-state index contributed by atoms with van der Waals surface area (Å²) in [4.78, 5) is 2.47. The topological polar surface area (TPSA) is 29.3 Å². The molecule has 1 aliphatic heterocycles. The number of benzene rings is 1. The predicted octanol–water partition coefficient (Wildman–Crippen LogP) is 3.04. The zero-order chi connectivity index (χ0) is 12.5. The quantitative estimate of drug-likeness (QED) is 0.875. The molecular formula is C14H22N2S. The van der Waals surface area contributed by atoms with Gasteiger partial charge in [0.2, 0.25) is 0 Å². The van der Waals surface area contributed by atoms with Crippen LogP contribution in [-0.4, -0.2) is 23.6 Å². The highest BCUT2D eigenvalue weighted by Gasteiger charge is 2.26. The van der Waals surface area contributed by atoms with E-state index in [1.807, 2.05) is 6.92 Å². The Labute approximate surface area is 109 Å². The minimum atomic E-state index is 0.123. The fraction of sp³-hybridized carbons (Fsp3) is 0.571. The Balaban J connectivity index is 2.12. The highest BCUT2D eigenvalue weighted by atomic mass is 32.2. The Morgan fingerprint density at radius 3 is 2.47 bits per heavy atom. The van der Waals surface area contributed by atoms with Crippen LogP contribution in [0.5, 0.6) is 0 Å². The highest BCUT2D eigenvalue weighted by Crippen LogP contribution is 2.32. The molecule has 2 nitrogen and oxygen atoms in total. The number of thioether (sulfide) groups is 1. The second-order valence-electron chi connectivity index (χ2n) is 5.41. The van der Waals surface area contributed by atoms with Crippen LogP contribution in [0.2, 0.25) is 0 Å². The van der Waals surface area contributed by atoms with Crippen LogP contribution in [0.1, 0.15) is 32.4 Å². The van der Waals surface area contributed by atoms with E-state index >= 15 is 0 Å². The average Bonchev–Trinajstić information content (AvgIpc) is 2.28. The predicted molar refractivity (Wildman–Crippen MR) is 77.8 cm³/mol. The molecule has 0 unspecified atom stereocenters. The normalized spacial score (nSPS) is 21.3. The number of rotatable bonds is 2. The van der Waals surface area contributed by atoms with Crippen LogP contribution >= 0.6 is 11.8 Å². The molecule has 1 atom stereocenters. The van der Waals surface area contributed by atoms with E-state index in [1.54, 1.807) is 0 Å². The van der Waals surface area contributed by atoms with Crippen LogP contribution in [0.25, 0.3) is 0 Å².